The molecule has 4 rings (SSSR count). The minimum atomic E-state index is -1.89. The molecular weight excluding hydrogens is 494 g/mol. The van der Waals surface area contributed by atoms with E-state index in [4.69, 9.17) is 0 Å². The Kier molecular flexibility index (Phi) is 9.61. The van der Waals surface area contributed by atoms with Gasteiger partial charge in [0.05, 0.1) is 0 Å². The van der Waals surface area contributed by atoms with E-state index in [0.29, 0.717) is 0 Å². The number of halogens is 2. The van der Waals surface area contributed by atoms with Crippen molar-refractivity contribution >= 4 is 18.1 Å². The van der Waals surface area contributed by atoms with Crippen LogP contribution in [0.4, 0.5) is 0 Å². The number of hydrogen-bond acceptors (Lipinski definition) is 0. The maximum absolute atomic E-state index is 2.68. The van der Waals surface area contributed by atoms with Crippen molar-refractivity contribution < 1.29 is 30.3 Å². The summed E-state index contributed by atoms with van der Waals surface area (Å²) in [5.74, 6) is 0.697. The van der Waals surface area contributed by atoms with Crippen molar-refractivity contribution in [3.8, 4) is 0 Å². The number of hydrogen-bond donors (Lipinski definition) is 0. The zero-order chi connectivity index (χ0) is 21.4. The van der Waals surface area contributed by atoms with E-state index in [0.717, 1.165) is 19.1 Å². The maximum atomic E-state index is 2.68. The number of allylic oxidation sites excluding steroid dienone is 2. The van der Waals surface area contributed by atoms with Crippen LogP contribution in [0.1, 0.15) is 70.0 Å². The summed E-state index contributed by atoms with van der Waals surface area (Å²) < 4.78 is 1.56. The van der Waals surface area contributed by atoms with Gasteiger partial charge in [0.1, 0.15) is 0 Å². The van der Waals surface area contributed by atoms with Crippen molar-refractivity contribution in [3.63, 3.8) is 0 Å². The fourth-order valence-corrected chi connectivity index (χ4v) is 28.5. The summed E-state index contributed by atoms with van der Waals surface area (Å²) in [6.07, 6.45) is 7.71. The van der Waals surface area contributed by atoms with Gasteiger partial charge in [-0.15, -0.1) is 0 Å². The van der Waals surface area contributed by atoms with Gasteiger partial charge in [-0.05, 0) is 0 Å². The molecule has 0 N–H and O–H groups in total. The summed E-state index contributed by atoms with van der Waals surface area (Å²) in [5, 5.41) is 0. The van der Waals surface area contributed by atoms with Crippen LogP contribution in [0.5, 0.6) is 0 Å². The van der Waals surface area contributed by atoms with Crippen molar-refractivity contribution in [2.75, 3.05) is 0 Å². The molecule has 0 bridgehead atoms. The van der Waals surface area contributed by atoms with E-state index < -0.39 is 26.8 Å². The summed E-state index contributed by atoms with van der Waals surface area (Å²) in [4.78, 5) is 0. The molecule has 2 unspecified atom stereocenters. The van der Waals surface area contributed by atoms with Crippen LogP contribution in [0.25, 0.3) is 12.2 Å². The van der Waals surface area contributed by atoms with Crippen molar-refractivity contribution in [2.45, 2.75) is 60.9 Å². The van der Waals surface area contributed by atoms with E-state index in [1.165, 1.54) is 24.0 Å². The quantitative estimate of drug-likeness (QED) is 0.480. The van der Waals surface area contributed by atoms with Crippen LogP contribution in [-0.2, 0) is 20.9 Å². The second-order valence-electron chi connectivity index (χ2n) is 10.4. The Balaban J connectivity index is 0.00000181. The molecule has 4 heteroatoms. The minimum Gasteiger partial charge on any atom is -1.00 e. The van der Waals surface area contributed by atoms with Gasteiger partial charge in [-0.3, -0.25) is 0 Å². The average Bonchev–Trinajstić information content (AvgIpc) is 3.20. The fourth-order valence-electron chi connectivity index (χ4n) is 5.69. The SMILES string of the molecule is CC(C)CC1=Cc2ccccc2[CH]1[Zr+2]([CH]1C(CC(C)C)=Cc2ccccc21)[SiH](C)C.[F-].[F-]. The Labute approximate surface area is 202 Å². The Morgan fingerprint density at radius 2 is 1.06 bits per heavy atom. The van der Waals surface area contributed by atoms with Crippen LogP contribution < -0.4 is 9.41 Å². The van der Waals surface area contributed by atoms with Crippen LogP contribution in [0.3, 0.4) is 0 Å². The van der Waals surface area contributed by atoms with E-state index in [9.17, 15) is 0 Å². The normalized spacial score (nSPS) is 18.7. The fraction of sp³-hybridized carbons (Fsp3) is 0.429. The van der Waals surface area contributed by atoms with Crippen molar-refractivity contribution in [1.82, 2.24) is 0 Å². The molecule has 2 aliphatic rings. The zero-order valence-corrected chi connectivity index (χ0v) is 23.9. The predicted molar refractivity (Wildman–Crippen MR) is 132 cm³/mol. The predicted octanol–water partition coefficient (Wildman–Crippen LogP) is 1.96. The topological polar surface area (TPSA) is 0 Å². The largest absolute Gasteiger partial charge is 1.00 e. The van der Waals surface area contributed by atoms with Gasteiger partial charge in [0.2, 0.25) is 0 Å². The molecule has 0 nitrogen and oxygen atoms in total. The molecule has 0 fully saturated rings. The third-order valence-corrected chi connectivity index (χ3v) is 28.4. The summed E-state index contributed by atoms with van der Waals surface area (Å²) in [6, 6.07) is 18.7. The molecule has 2 atom stereocenters. The molecule has 2 aromatic carbocycles. The van der Waals surface area contributed by atoms with Crippen molar-refractivity contribution in [1.29, 1.82) is 0 Å². The van der Waals surface area contributed by atoms with Crippen LogP contribution in [0.2, 0.25) is 13.1 Å². The van der Waals surface area contributed by atoms with E-state index in [2.05, 4.69) is 101 Å². The van der Waals surface area contributed by atoms with E-state index in [-0.39, 0.29) is 9.41 Å². The second-order valence-corrected chi connectivity index (χ2v) is 30.5. The Morgan fingerprint density at radius 1 is 0.688 bits per heavy atom. The maximum Gasteiger partial charge on any atom is -1.00 e. The molecule has 0 saturated heterocycles. The summed E-state index contributed by atoms with van der Waals surface area (Å²) >= 11 is -1.89. The monoisotopic (exact) mass is 529 g/mol. The molecule has 32 heavy (non-hydrogen) atoms. The van der Waals surface area contributed by atoms with Crippen molar-refractivity contribution in [2.24, 2.45) is 11.8 Å². The summed E-state index contributed by atoms with van der Waals surface area (Å²) in [7, 11) is 0. The molecular formula is C28H37F2SiZr. The zero-order valence-electron chi connectivity index (χ0n) is 20.3. The smallest absolute Gasteiger partial charge is 1.00 e. The van der Waals surface area contributed by atoms with Gasteiger partial charge in [-0.2, -0.15) is 0 Å². The molecule has 2 aliphatic carbocycles. The van der Waals surface area contributed by atoms with E-state index >= 15 is 0 Å². The summed E-state index contributed by atoms with van der Waals surface area (Å²) in [5.41, 5.74) is 9.94. The first kappa shape index (κ1) is 27.1. The van der Waals surface area contributed by atoms with Gasteiger partial charge in [-0.1, -0.05) is 0 Å². The first-order valence-electron chi connectivity index (χ1n) is 11.8. The number of fused-ring (bicyclic) bond motifs is 2. The van der Waals surface area contributed by atoms with Gasteiger partial charge in [0, 0.05) is 0 Å². The van der Waals surface area contributed by atoms with E-state index in [1.807, 2.05) is 0 Å². The molecule has 0 aromatic heterocycles. The van der Waals surface area contributed by atoms with Crippen LogP contribution >= 0.6 is 0 Å². The Morgan fingerprint density at radius 3 is 1.41 bits per heavy atom. The van der Waals surface area contributed by atoms with Crippen LogP contribution in [0, 0.1) is 11.8 Å². The molecule has 2 aromatic rings. The molecule has 0 radical (unpaired) electrons. The standard InChI is InChI=1S/2C13H15.C2H7Si.2FH.Zr/c2*1-10(2)7-11-8-12-5-3-4-6-13(12)9-11;1-3-2;;;/h2*3-6,8-10H,7H2,1-2H3;3H,1-2H3;2*1H;/q;;;;;+2/p-2. The summed E-state index contributed by atoms with van der Waals surface area (Å²) in [6.45, 7) is 14.9. The number of rotatable bonds is 7. The second kappa shape index (κ2) is 11.3. The van der Waals surface area contributed by atoms with Crippen LogP contribution in [0.15, 0.2) is 59.7 Å². The Bertz CT molecular complexity index is 901. The third kappa shape index (κ3) is 5.33. The van der Waals surface area contributed by atoms with E-state index in [1.54, 1.807) is 22.3 Å². The molecule has 171 valence electrons. The molecule has 0 saturated carbocycles. The molecule has 0 aliphatic heterocycles. The van der Waals surface area contributed by atoms with Gasteiger partial charge in [0.25, 0.3) is 0 Å². The first-order valence-corrected chi connectivity index (χ1v) is 21.8. The van der Waals surface area contributed by atoms with Gasteiger partial charge in [0.15, 0.2) is 0 Å². The molecule has 0 amide bonds. The molecule has 0 heterocycles. The number of benzene rings is 2. The Hall–Kier alpha value is -1.12. The average molecular weight is 531 g/mol. The van der Waals surface area contributed by atoms with Gasteiger partial charge >= 0.3 is 194 Å². The minimum absolute atomic E-state index is 0. The van der Waals surface area contributed by atoms with Gasteiger partial charge in [-0.25, -0.2) is 0 Å². The first-order chi connectivity index (χ1) is 14.4. The third-order valence-electron chi connectivity index (χ3n) is 6.66. The van der Waals surface area contributed by atoms with Crippen molar-refractivity contribution in [3.05, 3.63) is 81.9 Å². The van der Waals surface area contributed by atoms with Crippen LogP contribution in [-0.4, -0.2) is 5.92 Å². The molecule has 0 spiro atoms. The van der Waals surface area contributed by atoms with Gasteiger partial charge < -0.3 is 9.41 Å².